The minimum atomic E-state index is -0.0462. The van der Waals surface area contributed by atoms with E-state index < -0.39 is 0 Å². The summed E-state index contributed by atoms with van der Waals surface area (Å²) in [6, 6.07) is 74.6. The number of fused-ring (bicyclic) bond motifs is 9. The summed E-state index contributed by atoms with van der Waals surface area (Å²) < 4.78 is 6.53. The number of benzene rings is 9. The van der Waals surface area contributed by atoms with Gasteiger partial charge in [0, 0.05) is 44.0 Å². The van der Waals surface area contributed by atoms with Gasteiger partial charge in [0.15, 0.2) is 0 Å². The number of aromatic nitrogens is 3. The van der Waals surface area contributed by atoms with E-state index in [1.54, 1.807) is 0 Å². The average Bonchev–Trinajstić information content (AvgIpc) is 3.81. The van der Waals surface area contributed by atoms with Crippen molar-refractivity contribution >= 4 is 65.3 Å². The van der Waals surface area contributed by atoms with Crippen molar-refractivity contribution in [1.82, 2.24) is 13.7 Å². The van der Waals surface area contributed by atoms with Crippen LogP contribution in [0.3, 0.4) is 0 Å². The van der Waals surface area contributed by atoms with Gasteiger partial charge >= 0.3 is 0 Å². The molecule has 9 aromatic carbocycles. The zero-order chi connectivity index (χ0) is 39.0. The minimum absolute atomic E-state index is 0.0462. The van der Waals surface area contributed by atoms with Gasteiger partial charge < -0.3 is 9.13 Å². The molecule has 0 bridgehead atoms. The number of rotatable bonds is 5. The third-order valence-electron chi connectivity index (χ3n) is 12.0. The van der Waals surface area contributed by atoms with E-state index in [4.69, 9.17) is 0 Å². The van der Waals surface area contributed by atoms with Crippen LogP contribution in [-0.4, -0.2) is 13.7 Å². The molecule has 0 saturated carbocycles. The smallest absolute Gasteiger partial charge is 0.263 e. The Hall–Kier alpha value is -7.95. The second-order valence-corrected chi connectivity index (χ2v) is 15.3. The highest BCUT2D eigenvalue weighted by molar-refractivity contribution is 6.21. The van der Waals surface area contributed by atoms with Crippen molar-refractivity contribution in [3.05, 3.63) is 223 Å². The quantitative estimate of drug-likeness (QED) is 0.161. The van der Waals surface area contributed by atoms with Crippen LogP contribution in [0.5, 0.6) is 0 Å². The lowest BCUT2D eigenvalue weighted by atomic mass is 10.00. The molecule has 12 aromatic rings. The molecule has 0 N–H and O–H groups in total. The summed E-state index contributed by atoms with van der Waals surface area (Å²) in [6.07, 6.45) is 0. The molecule has 0 spiro atoms. The SMILES string of the molecule is O=c1c2cc3c(cc2c2cc4c5ccccc5n(-c5ccc(-c6ccc(-c7ccccc7)cc6)cc5)c4cc2n1-c1ccccc1)c1ccccc1n3-c1ccccc1. The van der Waals surface area contributed by atoms with Crippen LogP contribution in [0.1, 0.15) is 0 Å². The van der Waals surface area contributed by atoms with Crippen LogP contribution in [-0.2, 0) is 0 Å². The Balaban J connectivity index is 1.11. The molecule has 276 valence electrons. The van der Waals surface area contributed by atoms with Crippen LogP contribution in [0, 0.1) is 0 Å². The van der Waals surface area contributed by atoms with Crippen LogP contribution >= 0.6 is 0 Å². The molecule has 0 radical (unpaired) electrons. The summed E-state index contributed by atoms with van der Waals surface area (Å²) in [5, 5.41) is 7.24. The van der Waals surface area contributed by atoms with Crippen LogP contribution in [0.2, 0.25) is 0 Å². The van der Waals surface area contributed by atoms with Crippen molar-refractivity contribution in [2.45, 2.75) is 0 Å². The second-order valence-electron chi connectivity index (χ2n) is 15.3. The minimum Gasteiger partial charge on any atom is -0.309 e. The number of para-hydroxylation sites is 4. The second kappa shape index (κ2) is 13.1. The van der Waals surface area contributed by atoms with E-state index in [-0.39, 0.29) is 5.56 Å². The number of hydrogen-bond acceptors (Lipinski definition) is 1. The lowest BCUT2D eigenvalue weighted by Crippen LogP contribution is -2.19. The molecule has 0 aliphatic heterocycles. The first-order valence-electron chi connectivity index (χ1n) is 20.1. The summed E-state index contributed by atoms with van der Waals surface area (Å²) in [5.41, 5.74) is 12.8. The molecule has 0 atom stereocenters. The fraction of sp³-hybridized carbons (Fsp3) is 0. The van der Waals surface area contributed by atoms with Crippen molar-refractivity contribution in [2.75, 3.05) is 0 Å². The molecule has 4 heteroatoms. The molecular formula is C55H35N3O. The van der Waals surface area contributed by atoms with Gasteiger partial charge in [-0.2, -0.15) is 0 Å². The van der Waals surface area contributed by atoms with Gasteiger partial charge in [-0.1, -0.05) is 140 Å². The van der Waals surface area contributed by atoms with Gasteiger partial charge in [-0.25, -0.2) is 0 Å². The van der Waals surface area contributed by atoms with E-state index >= 15 is 4.79 Å². The Labute approximate surface area is 339 Å². The molecule has 0 aliphatic rings. The maximum atomic E-state index is 15.1. The van der Waals surface area contributed by atoms with Gasteiger partial charge in [0.2, 0.25) is 0 Å². The molecule has 59 heavy (non-hydrogen) atoms. The first-order valence-corrected chi connectivity index (χ1v) is 20.1. The average molecular weight is 754 g/mol. The molecule has 0 unspecified atom stereocenters. The maximum absolute atomic E-state index is 15.1. The van der Waals surface area contributed by atoms with Crippen molar-refractivity contribution in [3.63, 3.8) is 0 Å². The number of nitrogens with zero attached hydrogens (tertiary/aromatic N) is 3. The van der Waals surface area contributed by atoms with Crippen molar-refractivity contribution in [1.29, 1.82) is 0 Å². The van der Waals surface area contributed by atoms with Crippen molar-refractivity contribution < 1.29 is 0 Å². The number of hydrogen-bond donors (Lipinski definition) is 0. The Kier molecular flexibility index (Phi) is 7.35. The Bertz CT molecular complexity index is 3640. The number of pyridine rings is 1. The molecule has 3 aromatic heterocycles. The molecule has 4 nitrogen and oxygen atoms in total. The molecule has 12 rings (SSSR count). The highest BCUT2D eigenvalue weighted by Crippen LogP contribution is 2.40. The van der Waals surface area contributed by atoms with E-state index in [0.29, 0.717) is 5.39 Å². The molecule has 3 heterocycles. The standard InChI is InChI=1S/C55H35N3O/c59-55-49-34-52-46(43-20-10-12-22-50(43)56(52)40-16-6-2-7-17-40)32-45(49)48-33-47-44-21-11-13-23-51(44)57(53(47)35-54(48)58(55)41-18-8-3-9-19-41)42-30-28-39(29-31-42)38-26-24-37(25-27-38)36-14-4-1-5-15-36/h1-35H. The summed E-state index contributed by atoms with van der Waals surface area (Å²) in [6.45, 7) is 0. The predicted molar refractivity (Wildman–Crippen MR) is 247 cm³/mol. The topological polar surface area (TPSA) is 31.9 Å². The van der Waals surface area contributed by atoms with Crippen LogP contribution in [0.25, 0.3) is 105 Å². The van der Waals surface area contributed by atoms with E-state index in [0.717, 1.165) is 82.5 Å². The molecular weight excluding hydrogens is 719 g/mol. The monoisotopic (exact) mass is 753 g/mol. The first kappa shape index (κ1) is 33.2. The van der Waals surface area contributed by atoms with E-state index in [1.807, 2.05) is 47.0 Å². The Morgan fingerprint density at radius 3 is 1.17 bits per heavy atom. The maximum Gasteiger partial charge on any atom is 0.263 e. The van der Waals surface area contributed by atoms with E-state index in [1.165, 1.54) is 16.7 Å². The van der Waals surface area contributed by atoms with Crippen LogP contribution < -0.4 is 5.56 Å². The third kappa shape index (κ3) is 5.13. The normalized spacial score (nSPS) is 11.8. The zero-order valence-electron chi connectivity index (χ0n) is 32.0. The lowest BCUT2D eigenvalue weighted by molar-refractivity contribution is 1.06. The first-order chi connectivity index (χ1) is 29.2. The van der Waals surface area contributed by atoms with Crippen molar-refractivity contribution in [2.24, 2.45) is 0 Å². The summed E-state index contributed by atoms with van der Waals surface area (Å²) in [4.78, 5) is 15.1. The third-order valence-corrected chi connectivity index (χ3v) is 12.0. The highest BCUT2D eigenvalue weighted by atomic mass is 16.1. The largest absolute Gasteiger partial charge is 0.309 e. The summed E-state index contributed by atoms with van der Waals surface area (Å²) in [7, 11) is 0. The summed E-state index contributed by atoms with van der Waals surface area (Å²) in [5.74, 6) is 0. The van der Waals surface area contributed by atoms with E-state index in [2.05, 4.69) is 179 Å². The fourth-order valence-corrected chi connectivity index (χ4v) is 9.31. The molecule has 0 aliphatic carbocycles. The van der Waals surface area contributed by atoms with Crippen LogP contribution in [0.4, 0.5) is 0 Å². The lowest BCUT2D eigenvalue weighted by Gasteiger charge is -2.16. The summed E-state index contributed by atoms with van der Waals surface area (Å²) >= 11 is 0. The molecule has 0 fully saturated rings. The zero-order valence-corrected chi connectivity index (χ0v) is 32.0. The fourth-order valence-electron chi connectivity index (χ4n) is 9.31. The van der Waals surface area contributed by atoms with Gasteiger partial charge in [0.25, 0.3) is 5.56 Å². The van der Waals surface area contributed by atoms with Gasteiger partial charge in [-0.15, -0.1) is 0 Å². The molecule has 0 saturated heterocycles. The van der Waals surface area contributed by atoms with Gasteiger partial charge in [-0.3, -0.25) is 9.36 Å². The highest BCUT2D eigenvalue weighted by Gasteiger charge is 2.21. The van der Waals surface area contributed by atoms with E-state index in [9.17, 15) is 0 Å². The Morgan fingerprint density at radius 1 is 0.237 bits per heavy atom. The Morgan fingerprint density at radius 2 is 0.610 bits per heavy atom. The predicted octanol–water partition coefficient (Wildman–Crippen LogP) is 13.7. The van der Waals surface area contributed by atoms with Gasteiger partial charge in [0.1, 0.15) is 0 Å². The van der Waals surface area contributed by atoms with Gasteiger partial charge in [-0.05, 0) is 100 Å². The molecule has 0 amide bonds. The van der Waals surface area contributed by atoms with Gasteiger partial charge in [0.05, 0.1) is 33.0 Å². The van der Waals surface area contributed by atoms with Crippen molar-refractivity contribution in [3.8, 4) is 39.3 Å². The van der Waals surface area contributed by atoms with Crippen LogP contribution in [0.15, 0.2) is 217 Å².